The van der Waals surface area contributed by atoms with Crippen molar-refractivity contribution in [2.24, 2.45) is 0 Å². The molecule has 152 valence electrons. The second kappa shape index (κ2) is 10.1. The molecule has 0 spiro atoms. The number of halogens is 3. The lowest BCUT2D eigenvalue weighted by molar-refractivity contribution is -0.165. The van der Waals surface area contributed by atoms with Crippen LogP contribution < -0.4 is 32.9 Å². The van der Waals surface area contributed by atoms with Gasteiger partial charge in [-0.25, -0.2) is 4.79 Å². The summed E-state index contributed by atoms with van der Waals surface area (Å²) in [5.41, 5.74) is 0. The Kier molecular flexibility index (Phi) is 8.06. The highest BCUT2D eigenvalue weighted by molar-refractivity contribution is 7.95. The second-order valence-electron chi connectivity index (χ2n) is 6.65. The number of benzene rings is 3. The molecule has 0 saturated carbocycles. The number of alkyl halides is 2. The molecule has 3 aromatic rings. The molecule has 3 aromatic carbocycles. The van der Waals surface area contributed by atoms with E-state index < -0.39 is 25.6 Å². The van der Waals surface area contributed by atoms with Crippen LogP contribution in [0.4, 0.5) is 8.78 Å². The SMILES string of the molecule is O=C(O)C(F)(F)CCC[P+](c1ccccc1)(c1ccccc1)c1ccccc1.[Br-]. The summed E-state index contributed by atoms with van der Waals surface area (Å²) < 4.78 is 27.5. The van der Waals surface area contributed by atoms with E-state index in [2.05, 4.69) is 0 Å². The lowest BCUT2D eigenvalue weighted by Gasteiger charge is -2.28. The van der Waals surface area contributed by atoms with Gasteiger partial charge < -0.3 is 22.1 Å². The molecule has 2 nitrogen and oxygen atoms in total. The van der Waals surface area contributed by atoms with Gasteiger partial charge in [-0.3, -0.25) is 0 Å². The Labute approximate surface area is 180 Å². The Morgan fingerprint density at radius 1 is 0.759 bits per heavy atom. The first-order chi connectivity index (χ1) is 13.5. The summed E-state index contributed by atoms with van der Waals surface area (Å²) >= 11 is 0. The van der Waals surface area contributed by atoms with Crippen LogP contribution >= 0.6 is 7.26 Å². The van der Waals surface area contributed by atoms with Gasteiger partial charge in [-0.1, -0.05) is 54.6 Å². The molecule has 0 aliphatic rings. The van der Waals surface area contributed by atoms with E-state index >= 15 is 0 Å². The highest BCUT2D eigenvalue weighted by Crippen LogP contribution is 2.56. The highest BCUT2D eigenvalue weighted by Gasteiger charge is 2.46. The van der Waals surface area contributed by atoms with Crippen LogP contribution in [0.5, 0.6) is 0 Å². The number of rotatable bonds is 8. The molecular weight excluding hydrogens is 457 g/mol. The number of aliphatic carboxylic acids is 1. The van der Waals surface area contributed by atoms with E-state index in [1.54, 1.807) is 0 Å². The molecule has 0 aliphatic heterocycles. The molecule has 0 unspecified atom stereocenters. The van der Waals surface area contributed by atoms with Gasteiger partial charge >= 0.3 is 11.9 Å². The standard InChI is InChI=1S/C23H21F2O2P.BrH/c24-23(25,22(26)27)17-10-18-28(19-11-4-1-5-12-19,20-13-6-2-7-14-20)21-15-8-3-9-16-21;/h1-9,11-16H,10,17-18H2;1H. The summed E-state index contributed by atoms with van der Waals surface area (Å²) in [4.78, 5) is 10.8. The topological polar surface area (TPSA) is 37.3 Å². The molecule has 0 aliphatic carbocycles. The molecule has 0 bridgehead atoms. The van der Waals surface area contributed by atoms with Crippen molar-refractivity contribution in [1.29, 1.82) is 0 Å². The Morgan fingerprint density at radius 3 is 1.41 bits per heavy atom. The van der Waals surface area contributed by atoms with Gasteiger partial charge in [0.2, 0.25) is 0 Å². The maximum atomic E-state index is 13.7. The summed E-state index contributed by atoms with van der Waals surface area (Å²) in [6, 6.07) is 29.8. The average Bonchev–Trinajstić information content (AvgIpc) is 2.73. The molecule has 0 radical (unpaired) electrons. The first-order valence-corrected chi connectivity index (χ1v) is 11.1. The first-order valence-electron chi connectivity index (χ1n) is 9.13. The number of hydrogen-bond acceptors (Lipinski definition) is 1. The summed E-state index contributed by atoms with van der Waals surface area (Å²) in [6.45, 7) is 0. The maximum Gasteiger partial charge on any atom is 0.374 e. The van der Waals surface area contributed by atoms with Crippen LogP contribution in [0.1, 0.15) is 12.8 Å². The molecule has 0 aromatic heterocycles. The Hall–Kier alpha value is -2.10. The normalized spacial score (nSPS) is 11.5. The van der Waals surface area contributed by atoms with E-state index in [0.717, 1.165) is 15.9 Å². The average molecular weight is 479 g/mol. The van der Waals surface area contributed by atoms with Crippen molar-refractivity contribution >= 4 is 29.1 Å². The van der Waals surface area contributed by atoms with Gasteiger partial charge in [0.05, 0.1) is 6.16 Å². The minimum Gasteiger partial charge on any atom is -1.00 e. The Morgan fingerprint density at radius 2 is 1.10 bits per heavy atom. The predicted molar refractivity (Wildman–Crippen MR) is 112 cm³/mol. The van der Waals surface area contributed by atoms with E-state index in [1.165, 1.54) is 0 Å². The van der Waals surface area contributed by atoms with Crippen molar-refractivity contribution in [2.75, 3.05) is 6.16 Å². The molecule has 0 saturated heterocycles. The summed E-state index contributed by atoms with van der Waals surface area (Å²) in [5.74, 6) is -5.77. The third-order valence-electron chi connectivity index (χ3n) is 4.89. The largest absolute Gasteiger partial charge is 1.00 e. The lowest BCUT2D eigenvalue weighted by atomic mass is 10.2. The van der Waals surface area contributed by atoms with Crippen LogP contribution in [-0.2, 0) is 4.79 Å². The minimum atomic E-state index is -3.71. The van der Waals surface area contributed by atoms with Crippen molar-refractivity contribution in [3.05, 3.63) is 91.0 Å². The molecule has 29 heavy (non-hydrogen) atoms. The summed E-state index contributed by atoms with van der Waals surface area (Å²) in [5, 5.41) is 12.1. The van der Waals surface area contributed by atoms with E-state index in [0.29, 0.717) is 6.16 Å². The molecule has 0 heterocycles. The van der Waals surface area contributed by atoms with Crippen LogP contribution in [-0.4, -0.2) is 23.2 Å². The van der Waals surface area contributed by atoms with Gasteiger partial charge in [0.1, 0.15) is 23.2 Å². The fourth-order valence-electron chi connectivity index (χ4n) is 3.53. The molecule has 3 rings (SSSR count). The van der Waals surface area contributed by atoms with E-state index in [9.17, 15) is 13.6 Å². The first kappa shape index (κ1) is 23.2. The number of carboxylic acid groups (broad SMARTS) is 1. The molecule has 0 fully saturated rings. The zero-order valence-corrected chi connectivity index (χ0v) is 18.2. The van der Waals surface area contributed by atoms with E-state index in [1.807, 2.05) is 91.0 Å². The monoisotopic (exact) mass is 478 g/mol. The lowest BCUT2D eigenvalue weighted by Crippen LogP contribution is -3.00. The van der Waals surface area contributed by atoms with Gasteiger partial charge in [-0.2, -0.15) is 8.78 Å². The zero-order chi connectivity index (χ0) is 20.0. The smallest absolute Gasteiger partial charge is 0.374 e. The fraction of sp³-hybridized carbons (Fsp3) is 0.174. The zero-order valence-electron chi connectivity index (χ0n) is 15.7. The van der Waals surface area contributed by atoms with Gasteiger partial charge in [0.25, 0.3) is 0 Å². The van der Waals surface area contributed by atoms with Crippen LogP contribution in [0, 0.1) is 0 Å². The molecule has 0 amide bonds. The number of hydrogen-bond donors (Lipinski definition) is 1. The van der Waals surface area contributed by atoms with Crippen LogP contribution in [0.25, 0.3) is 0 Å². The van der Waals surface area contributed by atoms with Crippen molar-refractivity contribution in [3.63, 3.8) is 0 Å². The maximum absolute atomic E-state index is 13.7. The predicted octanol–water partition coefficient (Wildman–Crippen LogP) is 1.48. The van der Waals surface area contributed by atoms with Gasteiger partial charge in [-0.05, 0) is 42.8 Å². The molecule has 1 N–H and O–H groups in total. The van der Waals surface area contributed by atoms with Gasteiger partial charge in [0.15, 0.2) is 0 Å². The van der Waals surface area contributed by atoms with Crippen molar-refractivity contribution < 1.29 is 35.7 Å². The van der Waals surface area contributed by atoms with Crippen LogP contribution in [0.15, 0.2) is 91.0 Å². The van der Waals surface area contributed by atoms with E-state index in [4.69, 9.17) is 5.11 Å². The van der Waals surface area contributed by atoms with Crippen molar-refractivity contribution in [2.45, 2.75) is 18.8 Å². The quantitative estimate of drug-likeness (QED) is 0.498. The molecule has 0 atom stereocenters. The minimum absolute atomic E-state index is 0. The Balaban J connectivity index is 0.00000300. The number of carbonyl (C=O) groups is 1. The second-order valence-corrected chi connectivity index (χ2v) is 10.3. The van der Waals surface area contributed by atoms with Crippen molar-refractivity contribution in [3.8, 4) is 0 Å². The third kappa shape index (κ3) is 5.09. The summed E-state index contributed by atoms with van der Waals surface area (Å²) in [7, 11) is -2.20. The summed E-state index contributed by atoms with van der Waals surface area (Å²) in [6.07, 6.45) is -0.0732. The van der Waals surface area contributed by atoms with Crippen LogP contribution in [0.3, 0.4) is 0 Å². The van der Waals surface area contributed by atoms with Crippen LogP contribution in [0.2, 0.25) is 0 Å². The molecular formula is C23H22BrF2O2P. The van der Waals surface area contributed by atoms with E-state index in [-0.39, 0.29) is 23.4 Å². The fourth-order valence-corrected chi connectivity index (χ4v) is 7.87. The van der Waals surface area contributed by atoms with Crippen molar-refractivity contribution in [1.82, 2.24) is 0 Å². The third-order valence-corrected chi connectivity index (χ3v) is 9.41. The molecule has 6 heteroatoms. The Bertz CT molecular complexity index is 809. The number of carboxylic acids is 1. The van der Waals surface area contributed by atoms with Gasteiger partial charge in [-0.15, -0.1) is 0 Å². The van der Waals surface area contributed by atoms with Gasteiger partial charge in [0, 0.05) is 6.42 Å². The highest BCUT2D eigenvalue weighted by atomic mass is 79.9.